The maximum absolute atomic E-state index is 11.1. The quantitative estimate of drug-likeness (QED) is 0.607. The van der Waals surface area contributed by atoms with Gasteiger partial charge in [0.1, 0.15) is 0 Å². The Morgan fingerprint density at radius 2 is 1.80 bits per heavy atom. The van der Waals surface area contributed by atoms with Crippen molar-refractivity contribution in [3.63, 3.8) is 0 Å². The van der Waals surface area contributed by atoms with Gasteiger partial charge in [-0.3, -0.25) is 4.18 Å². The molecule has 0 atom stereocenters. The summed E-state index contributed by atoms with van der Waals surface area (Å²) in [6.45, 7) is 2.81. The van der Waals surface area contributed by atoms with E-state index < -0.39 is 10.1 Å². The minimum Gasteiger partial charge on any atom is -0.365 e. The average molecular weight is 358 g/mol. The van der Waals surface area contributed by atoms with E-state index in [2.05, 4.69) is 52.3 Å². The summed E-state index contributed by atoms with van der Waals surface area (Å²) in [5.41, 5.74) is 6.52. The van der Waals surface area contributed by atoms with E-state index in [9.17, 15) is 8.42 Å². The van der Waals surface area contributed by atoms with Crippen molar-refractivity contribution in [2.24, 2.45) is 0 Å². The summed E-state index contributed by atoms with van der Waals surface area (Å²) in [6.07, 6.45) is 2.84. The molecule has 2 aromatic carbocycles. The Kier molecular flexibility index (Phi) is 4.17. The van der Waals surface area contributed by atoms with Crippen LogP contribution < -0.4 is 9.80 Å². The molecule has 2 heterocycles. The topological polar surface area (TPSA) is 49.9 Å². The van der Waals surface area contributed by atoms with Gasteiger partial charge in [0, 0.05) is 25.3 Å². The Morgan fingerprint density at radius 1 is 1.04 bits per heavy atom. The Balaban J connectivity index is 1.63. The van der Waals surface area contributed by atoms with Crippen molar-refractivity contribution in [1.29, 1.82) is 0 Å². The third-order valence-corrected chi connectivity index (χ3v) is 5.42. The number of benzene rings is 2. The zero-order valence-corrected chi connectivity index (χ0v) is 15.1. The van der Waals surface area contributed by atoms with Gasteiger partial charge >= 0.3 is 0 Å². The van der Waals surface area contributed by atoms with Crippen LogP contribution in [0.1, 0.15) is 17.5 Å². The number of hydrogen-bond donors (Lipinski definition) is 0. The molecular formula is C19H22N2O3S. The lowest BCUT2D eigenvalue weighted by molar-refractivity contribution is 0.316. The number of fused-ring (bicyclic) bond motifs is 2. The van der Waals surface area contributed by atoms with Crippen LogP contribution in [0.4, 0.5) is 17.1 Å². The molecule has 0 fully saturated rings. The highest BCUT2D eigenvalue weighted by atomic mass is 32.2. The largest absolute Gasteiger partial charge is 0.365 e. The predicted molar refractivity (Wildman–Crippen MR) is 100 cm³/mol. The first-order valence-electron chi connectivity index (χ1n) is 8.59. The van der Waals surface area contributed by atoms with Crippen molar-refractivity contribution in [3.8, 4) is 0 Å². The SMILES string of the molecule is CS(=O)(=O)OCCCN1Cc2cccc3c2N(CC3)c2ccccc21. The first-order valence-corrected chi connectivity index (χ1v) is 10.4. The number of para-hydroxylation sites is 3. The van der Waals surface area contributed by atoms with Gasteiger partial charge in [-0.25, -0.2) is 0 Å². The molecule has 0 bridgehead atoms. The smallest absolute Gasteiger partial charge is 0.264 e. The first kappa shape index (κ1) is 16.4. The van der Waals surface area contributed by atoms with E-state index in [1.165, 1.54) is 28.2 Å². The monoisotopic (exact) mass is 358 g/mol. The average Bonchev–Trinajstić information content (AvgIpc) is 2.95. The summed E-state index contributed by atoms with van der Waals surface area (Å²) in [6, 6.07) is 15.0. The van der Waals surface area contributed by atoms with Crippen LogP contribution in [0.2, 0.25) is 0 Å². The van der Waals surface area contributed by atoms with Crippen molar-refractivity contribution >= 4 is 27.2 Å². The lowest BCUT2D eigenvalue weighted by Gasteiger charge is -2.26. The first-order chi connectivity index (χ1) is 12.0. The van der Waals surface area contributed by atoms with Gasteiger partial charge < -0.3 is 9.80 Å². The lowest BCUT2D eigenvalue weighted by Crippen LogP contribution is -2.25. The molecule has 0 aliphatic carbocycles. The van der Waals surface area contributed by atoms with Crippen molar-refractivity contribution in [1.82, 2.24) is 0 Å². The summed E-state index contributed by atoms with van der Waals surface area (Å²) < 4.78 is 27.2. The molecule has 0 saturated carbocycles. The molecule has 0 spiro atoms. The van der Waals surface area contributed by atoms with Crippen molar-refractivity contribution in [3.05, 3.63) is 53.6 Å². The highest BCUT2D eigenvalue weighted by Crippen LogP contribution is 2.45. The minimum absolute atomic E-state index is 0.216. The lowest BCUT2D eigenvalue weighted by atomic mass is 10.1. The van der Waals surface area contributed by atoms with Gasteiger partial charge in [-0.1, -0.05) is 30.3 Å². The second-order valence-electron chi connectivity index (χ2n) is 6.62. The standard InChI is InChI=1S/C19H22N2O3S/c1-25(22,23)24-13-5-11-20-14-16-7-4-6-15-10-12-21(19(15)16)18-9-3-2-8-17(18)20/h2-4,6-9H,5,10-14H2,1H3. The maximum atomic E-state index is 11.1. The summed E-state index contributed by atoms with van der Waals surface area (Å²) in [5, 5.41) is 0. The van der Waals surface area contributed by atoms with Gasteiger partial charge in [0.2, 0.25) is 0 Å². The van der Waals surface area contributed by atoms with E-state index in [0.717, 1.165) is 32.3 Å². The van der Waals surface area contributed by atoms with Crippen molar-refractivity contribution in [2.75, 3.05) is 35.8 Å². The van der Waals surface area contributed by atoms with E-state index in [-0.39, 0.29) is 6.61 Å². The van der Waals surface area contributed by atoms with Crippen molar-refractivity contribution < 1.29 is 12.6 Å². The summed E-state index contributed by atoms with van der Waals surface area (Å²) in [5.74, 6) is 0. The second kappa shape index (κ2) is 6.35. The molecule has 0 saturated heterocycles. The fourth-order valence-corrected chi connectivity index (χ4v) is 4.24. The molecule has 6 heteroatoms. The third-order valence-electron chi connectivity index (χ3n) is 4.82. The fourth-order valence-electron chi connectivity index (χ4n) is 3.82. The Bertz CT molecular complexity index is 895. The van der Waals surface area contributed by atoms with E-state index in [0.29, 0.717) is 6.42 Å². The van der Waals surface area contributed by atoms with E-state index in [1.807, 2.05) is 0 Å². The van der Waals surface area contributed by atoms with Gasteiger partial charge in [0.15, 0.2) is 0 Å². The van der Waals surface area contributed by atoms with Crippen LogP contribution in [0.25, 0.3) is 0 Å². The molecule has 2 aromatic rings. The van der Waals surface area contributed by atoms with E-state index in [1.54, 1.807) is 0 Å². The predicted octanol–water partition coefficient (Wildman–Crippen LogP) is 3.07. The zero-order valence-electron chi connectivity index (χ0n) is 14.3. The molecule has 0 amide bonds. The van der Waals surface area contributed by atoms with Gasteiger partial charge in [0.05, 0.1) is 24.2 Å². The molecule has 25 heavy (non-hydrogen) atoms. The van der Waals surface area contributed by atoms with Crippen LogP contribution in [-0.2, 0) is 27.3 Å². The maximum Gasteiger partial charge on any atom is 0.264 e. The van der Waals surface area contributed by atoms with Gasteiger partial charge in [-0.15, -0.1) is 0 Å². The Morgan fingerprint density at radius 3 is 2.60 bits per heavy atom. The molecule has 0 aromatic heterocycles. The van der Waals surface area contributed by atoms with Crippen LogP contribution in [0.5, 0.6) is 0 Å². The van der Waals surface area contributed by atoms with E-state index >= 15 is 0 Å². The third kappa shape index (κ3) is 3.24. The molecule has 2 aliphatic rings. The fraction of sp³-hybridized carbons (Fsp3) is 0.368. The summed E-state index contributed by atoms with van der Waals surface area (Å²) in [4.78, 5) is 4.75. The molecule has 0 N–H and O–H groups in total. The number of nitrogens with zero attached hydrogens (tertiary/aromatic N) is 2. The van der Waals surface area contributed by atoms with Gasteiger partial charge in [-0.2, -0.15) is 8.42 Å². The molecule has 0 radical (unpaired) electrons. The Hall–Kier alpha value is -2.05. The minimum atomic E-state index is -3.38. The molecular weight excluding hydrogens is 336 g/mol. The summed E-state index contributed by atoms with van der Waals surface area (Å²) in [7, 11) is -3.38. The number of anilines is 3. The molecule has 4 rings (SSSR count). The number of rotatable bonds is 5. The highest BCUT2D eigenvalue weighted by Gasteiger charge is 2.29. The van der Waals surface area contributed by atoms with Crippen LogP contribution in [0.3, 0.4) is 0 Å². The zero-order chi connectivity index (χ0) is 17.4. The van der Waals surface area contributed by atoms with Gasteiger partial charge in [-0.05, 0) is 36.1 Å². The van der Waals surface area contributed by atoms with Crippen LogP contribution >= 0.6 is 0 Å². The van der Waals surface area contributed by atoms with Crippen LogP contribution in [0.15, 0.2) is 42.5 Å². The Labute approximate surface area is 148 Å². The second-order valence-corrected chi connectivity index (χ2v) is 8.26. The molecule has 0 unspecified atom stereocenters. The van der Waals surface area contributed by atoms with Crippen LogP contribution in [-0.4, -0.2) is 34.4 Å². The molecule has 132 valence electrons. The highest BCUT2D eigenvalue weighted by molar-refractivity contribution is 7.85. The van der Waals surface area contributed by atoms with Crippen LogP contribution in [0, 0.1) is 0 Å². The van der Waals surface area contributed by atoms with E-state index in [4.69, 9.17) is 4.18 Å². The normalized spacial score (nSPS) is 15.7. The molecule has 5 nitrogen and oxygen atoms in total. The van der Waals surface area contributed by atoms with Gasteiger partial charge in [0.25, 0.3) is 10.1 Å². The number of hydrogen-bond acceptors (Lipinski definition) is 5. The summed E-state index contributed by atoms with van der Waals surface area (Å²) >= 11 is 0. The molecule has 2 aliphatic heterocycles. The van der Waals surface area contributed by atoms with Crippen molar-refractivity contribution in [2.45, 2.75) is 19.4 Å².